The van der Waals surface area contributed by atoms with Crippen LogP contribution >= 0.6 is 0 Å². The predicted molar refractivity (Wildman–Crippen MR) is 68.2 cm³/mol. The molecular formula is C13H13N3O3. The van der Waals surface area contributed by atoms with Crippen molar-refractivity contribution >= 4 is 17.8 Å². The van der Waals surface area contributed by atoms with Gasteiger partial charge in [0.05, 0.1) is 0 Å². The average molecular weight is 259 g/mol. The van der Waals surface area contributed by atoms with E-state index in [1.54, 1.807) is 30.3 Å². The zero-order valence-corrected chi connectivity index (χ0v) is 10.1. The Morgan fingerprint density at radius 1 is 1.26 bits per heavy atom. The molecule has 0 radical (unpaired) electrons. The number of hydrogen-bond donors (Lipinski definition) is 2. The number of amides is 4. The van der Waals surface area contributed by atoms with Gasteiger partial charge in [0, 0.05) is 30.9 Å². The number of nitrogens with zero attached hydrogens (tertiary/aromatic N) is 1. The van der Waals surface area contributed by atoms with E-state index in [4.69, 9.17) is 0 Å². The van der Waals surface area contributed by atoms with E-state index in [-0.39, 0.29) is 6.03 Å². The minimum absolute atomic E-state index is 0.251. The van der Waals surface area contributed by atoms with E-state index >= 15 is 0 Å². The summed E-state index contributed by atoms with van der Waals surface area (Å²) >= 11 is 0. The molecule has 0 unspecified atom stereocenters. The van der Waals surface area contributed by atoms with Gasteiger partial charge in [-0.05, 0) is 12.1 Å². The summed E-state index contributed by atoms with van der Waals surface area (Å²) < 4.78 is 0. The summed E-state index contributed by atoms with van der Waals surface area (Å²) in [6.07, 6.45) is 2.52. The summed E-state index contributed by atoms with van der Waals surface area (Å²) in [7, 11) is 0. The lowest BCUT2D eigenvalue weighted by atomic mass is 10.2. The van der Waals surface area contributed by atoms with Crippen LogP contribution in [0, 0.1) is 0 Å². The molecule has 1 fully saturated rings. The van der Waals surface area contributed by atoms with Crippen LogP contribution in [-0.4, -0.2) is 35.8 Å². The van der Waals surface area contributed by atoms with E-state index in [0.717, 1.165) is 6.08 Å². The van der Waals surface area contributed by atoms with Crippen LogP contribution in [0.5, 0.6) is 0 Å². The standard InChI is InChI=1S/C13H13N3O3/c17-11(6-8-16-9-7-14-13(16)19)15-12(18)10-4-2-1-3-5-10/h1-6,8H,7,9H2,(H,14,19)(H,15,17,18)/b8-6+. The number of imide groups is 1. The highest BCUT2D eigenvalue weighted by Crippen LogP contribution is 1.99. The fourth-order valence-electron chi connectivity index (χ4n) is 1.60. The van der Waals surface area contributed by atoms with Crippen LogP contribution in [0.4, 0.5) is 4.79 Å². The number of urea groups is 1. The first-order valence-electron chi connectivity index (χ1n) is 5.80. The quantitative estimate of drug-likeness (QED) is 0.775. The Hall–Kier alpha value is -2.63. The molecule has 1 aromatic rings. The van der Waals surface area contributed by atoms with Gasteiger partial charge in [0.2, 0.25) is 0 Å². The van der Waals surface area contributed by atoms with Crippen LogP contribution in [0.3, 0.4) is 0 Å². The van der Waals surface area contributed by atoms with Crippen molar-refractivity contribution in [1.82, 2.24) is 15.5 Å². The maximum Gasteiger partial charge on any atom is 0.321 e. The number of benzene rings is 1. The summed E-state index contributed by atoms with van der Waals surface area (Å²) in [6.45, 7) is 1.06. The van der Waals surface area contributed by atoms with E-state index in [1.807, 2.05) is 0 Å². The molecule has 6 heteroatoms. The third kappa shape index (κ3) is 3.41. The van der Waals surface area contributed by atoms with Crippen molar-refractivity contribution in [2.45, 2.75) is 0 Å². The molecule has 0 aliphatic carbocycles. The Morgan fingerprint density at radius 2 is 2.00 bits per heavy atom. The van der Waals surface area contributed by atoms with E-state index in [0.29, 0.717) is 18.7 Å². The van der Waals surface area contributed by atoms with Crippen LogP contribution in [0.25, 0.3) is 0 Å². The average Bonchev–Trinajstić information content (AvgIpc) is 2.83. The van der Waals surface area contributed by atoms with Crippen molar-refractivity contribution in [1.29, 1.82) is 0 Å². The summed E-state index contributed by atoms with van der Waals surface area (Å²) in [5, 5.41) is 4.81. The van der Waals surface area contributed by atoms with E-state index < -0.39 is 11.8 Å². The largest absolute Gasteiger partial charge is 0.336 e. The molecule has 2 rings (SSSR count). The lowest BCUT2D eigenvalue weighted by molar-refractivity contribution is -0.115. The molecule has 0 atom stereocenters. The SMILES string of the molecule is O=C(/C=C/N1CCNC1=O)NC(=O)c1ccccc1. The van der Waals surface area contributed by atoms with Crippen molar-refractivity contribution in [2.75, 3.05) is 13.1 Å². The van der Waals surface area contributed by atoms with Gasteiger partial charge in [-0.25, -0.2) is 4.79 Å². The second-order valence-corrected chi connectivity index (χ2v) is 3.93. The van der Waals surface area contributed by atoms with Crippen LogP contribution < -0.4 is 10.6 Å². The van der Waals surface area contributed by atoms with E-state index in [9.17, 15) is 14.4 Å². The van der Waals surface area contributed by atoms with Gasteiger partial charge in [0.1, 0.15) is 0 Å². The van der Waals surface area contributed by atoms with Gasteiger partial charge >= 0.3 is 6.03 Å². The molecule has 4 amide bonds. The molecule has 19 heavy (non-hydrogen) atoms. The smallest absolute Gasteiger partial charge is 0.321 e. The minimum atomic E-state index is -0.562. The highest BCUT2D eigenvalue weighted by atomic mass is 16.2. The molecule has 1 aliphatic heterocycles. The van der Waals surface area contributed by atoms with Crippen LogP contribution in [0.1, 0.15) is 10.4 Å². The topological polar surface area (TPSA) is 78.5 Å². The summed E-state index contributed by atoms with van der Waals surface area (Å²) in [5.41, 5.74) is 0.406. The lowest BCUT2D eigenvalue weighted by Crippen LogP contribution is -2.30. The van der Waals surface area contributed by atoms with Gasteiger partial charge in [0.15, 0.2) is 0 Å². The zero-order valence-electron chi connectivity index (χ0n) is 10.1. The fourth-order valence-corrected chi connectivity index (χ4v) is 1.60. The molecular weight excluding hydrogens is 246 g/mol. The van der Waals surface area contributed by atoms with Crippen molar-refractivity contribution in [3.05, 3.63) is 48.2 Å². The molecule has 0 aromatic heterocycles. The van der Waals surface area contributed by atoms with Crippen molar-refractivity contribution < 1.29 is 14.4 Å². The Bertz CT molecular complexity index is 525. The lowest BCUT2D eigenvalue weighted by Gasteiger charge is -2.06. The number of carbonyl (C=O) groups excluding carboxylic acids is 3. The Kier molecular flexibility index (Phi) is 3.92. The highest BCUT2D eigenvalue weighted by molar-refractivity contribution is 6.07. The molecule has 0 saturated carbocycles. The minimum Gasteiger partial charge on any atom is -0.336 e. The summed E-state index contributed by atoms with van der Waals surface area (Å²) in [4.78, 5) is 35.7. The number of rotatable bonds is 3. The molecule has 1 saturated heterocycles. The molecule has 98 valence electrons. The van der Waals surface area contributed by atoms with Crippen LogP contribution in [0.15, 0.2) is 42.6 Å². The first-order valence-corrected chi connectivity index (χ1v) is 5.80. The maximum atomic E-state index is 11.7. The maximum absolute atomic E-state index is 11.7. The molecule has 1 aromatic carbocycles. The second kappa shape index (κ2) is 5.81. The highest BCUT2D eigenvalue weighted by Gasteiger charge is 2.16. The molecule has 2 N–H and O–H groups in total. The normalized spacial score (nSPS) is 14.5. The molecule has 6 nitrogen and oxygen atoms in total. The van der Waals surface area contributed by atoms with Gasteiger partial charge in [-0.15, -0.1) is 0 Å². The Morgan fingerprint density at radius 3 is 2.63 bits per heavy atom. The fraction of sp³-hybridized carbons (Fsp3) is 0.154. The van der Waals surface area contributed by atoms with E-state index in [1.165, 1.54) is 11.1 Å². The Balaban J connectivity index is 1.89. The summed E-state index contributed by atoms with van der Waals surface area (Å²) in [5.74, 6) is -1.03. The predicted octanol–water partition coefficient (Wildman–Crippen LogP) is 0.482. The monoisotopic (exact) mass is 259 g/mol. The van der Waals surface area contributed by atoms with Crippen molar-refractivity contribution in [2.24, 2.45) is 0 Å². The molecule has 1 heterocycles. The zero-order chi connectivity index (χ0) is 13.7. The third-order valence-corrected chi connectivity index (χ3v) is 2.57. The first kappa shape index (κ1) is 12.8. The van der Waals surface area contributed by atoms with Gasteiger partial charge < -0.3 is 5.32 Å². The van der Waals surface area contributed by atoms with Crippen molar-refractivity contribution in [3.63, 3.8) is 0 Å². The second-order valence-electron chi connectivity index (χ2n) is 3.93. The van der Waals surface area contributed by atoms with Gasteiger partial charge in [-0.1, -0.05) is 18.2 Å². The molecule has 0 bridgehead atoms. The van der Waals surface area contributed by atoms with Crippen molar-refractivity contribution in [3.8, 4) is 0 Å². The number of nitrogens with one attached hydrogen (secondary N) is 2. The molecule has 0 spiro atoms. The Labute approximate surface area is 110 Å². The van der Waals surface area contributed by atoms with Gasteiger partial charge in [-0.3, -0.25) is 19.8 Å². The molecule has 1 aliphatic rings. The van der Waals surface area contributed by atoms with Crippen LogP contribution in [-0.2, 0) is 4.79 Å². The van der Waals surface area contributed by atoms with Crippen LogP contribution in [0.2, 0.25) is 0 Å². The summed E-state index contributed by atoms with van der Waals surface area (Å²) in [6, 6.07) is 8.18. The first-order chi connectivity index (χ1) is 9.16. The number of carbonyl (C=O) groups is 3. The van der Waals surface area contributed by atoms with E-state index in [2.05, 4.69) is 10.6 Å². The van der Waals surface area contributed by atoms with Gasteiger partial charge in [-0.2, -0.15) is 0 Å². The number of hydrogen-bond acceptors (Lipinski definition) is 3. The van der Waals surface area contributed by atoms with Gasteiger partial charge in [0.25, 0.3) is 11.8 Å². The third-order valence-electron chi connectivity index (χ3n) is 2.57.